The van der Waals surface area contributed by atoms with Crippen LogP contribution in [0.25, 0.3) is 6.08 Å². The van der Waals surface area contributed by atoms with E-state index < -0.39 is 11.8 Å². The predicted molar refractivity (Wildman–Crippen MR) is 74.3 cm³/mol. The van der Waals surface area contributed by atoms with Gasteiger partial charge in [0, 0.05) is 6.92 Å². The fraction of sp³-hybridized carbons (Fsp3) is 0.0769. The van der Waals surface area contributed by atoms with E-state index >= 15 is 0 Å². The highest BCUT2D eigenvalue weighted by Gasteiger charge is 2.23. The van der Waals surface area contributed by atoms with Crippen molar-refractivity contribution in [2.75, 3.05) is 5.32 Å². The van der Waals surface area contributed by atoms with E-state index in [-0.39, 0.29) is 11.6 Å². The number of primary amides is 1. The summed E-state index contributed by atoms with van der Waals surface area (Å²) >= 11 is 0. The van der Waals surface area contributed by atoms with E-state index in [1.54, 1.807) is 24.3 Å². The number of urea groups is 1. The van der Waals surface area contributed by atoms with Crippen molar-refractivity contribution in [3.8, 4) is 0 Å². The van der Waals surface area contributed by atoms with E-state index in [9.17, 15) is 14.4 Å². The molecule has 0 aliphatic heterocycles. The van der Waals surface area contributed by atoms with E-state index in [4.69, 9.17) is 5.73 Å². The topological polar surface area (TPSA) is 114 Å². The number of hydrazone groups is 1. The van der Waals surface area contributed by atoms with Crippen LogP contribution in [0.15, 0.2) is 29.4 Å². The summed E-state index contributed by atoms with van der Waals surface area (Å²) in [4.78, 5) is 34.1. The monoisotopic (exact) mass is 272 g/mol. The molecule has 1 aromatic rings. The zero-order valence-corrected chi connectivity index (χ0v) is 10.6. The molecule has 7 heteroatoms. The molecule has 3 amide bonds. The van der Waals surface area contributed by atoms with Gasteiger partial charge in [0.05, 0.1) is 11.3 Å². The Morgan fingerprint density at radius 3 is 2.65 bits per heavy atom. The second-order valence-corrected chi connectivity index (χ2v) is 4.09. The largest absolute Gasteiger partial charge is 0.350 e. The van der Waals surface area contributed by atoms with Crippen LogP contribution in [0.2, 0.25) is 0 Å². The van der Waals surface area contributed by atoms with Gasteiger partial charge in [0.2, 0.25) is 11.7 Å². The number of nitrogens with one attached hydrogen (secondary N) is 2. The Labute approximate surface area is 114 Å². The smallest absolute Gasteiger partial charge is 0.332 e. The number of benzene rings is 1. The van der Waals surface area contributed by atoms with Crippen LogP contribution in [0.5, 0.6) is 0 Å². The molecule has 20 heavy (non-hydrogen) atoms. The van der Waals surface area contributed by atoms with Crippen molar-refractivity contribution in [2.24, 2.45) is 10.8 Å². The average molecular weight is 272 g/mol. The number of amides is 3. The minimum absolute atomic E-state index is 0.0362. The number of carbonyl (C=O) groups is 3. The number of fused-ring (bicyclic) bond motifs is 1. The van der Waals surface area contributed by atoms with E-state index in [0.29, 0.717) is 16.8 Å². The average Bonchev–Trinajstić information content (AvgIpc) is 2.37. The number of hydrogen-bond donors (Lipinski definition) is 3. The Kier molecular flexibility index (Phi) is 3.60. The summed E-state index contributed by atoms with van der Waals surface area (Å²) < 4.78 is 0. The van der Waals surface area contributed by atoms with Crippen molar-refractivity contribution < 1.29 is 14.4 Å². The Morgan fingerprint density at radius 2 is 2.00 bits per heavy atom. The lowest BCUT2D eigenvalue weighted by Crippen LogP contribution is -2.28. The Bertz CT molecular complexity index is 662. The third-order valence-corrected chi connectivity index (χ3v) is 2.57. The first-order chi connectivity index (χ1) is 9.49. The standard InChI is InChI=1S/C13H12N4O3/c1-7(18)15-9-4-2-3-8-5-6-10(12(19)11(8)9)16-17-13(14)20/h2-6H,1H3,(H,15,18)(H3,14,17,20). The summed E-state index contributed by atoms with van der Waals surface area (Å²) in [5.74, 6) is -0.685. The summed E-state index contributed by atoms with van der Waals surface area (Å²) in [5.41, 5.74) is 8.33. The van der Waals surface area contributed by atoms with Gasteiger partial charge in [-0.05, 0) is 17.7 Å². The van der Waals surface area contributed by atoms with Crippen molar-refractivity contribution in [3.05, 3.63) is 35.4 Å². The normalized spacial score (nSPS) is 14.8. The number of rotatable bonds is 2. The number of anilines is 1. The minimum atomic E-state index is -0.861. The van der Waals surface area contributed by atoms with Crippen LogP contribution in [-0.2, 0) is 4.79 Å². The first-order valence-electron chi connectivity index (χ1n) is 5.75. The van der Waals surface area contributed by atoms with Gasteiger partial charge in [0.15, 0.2) is 0 Å². The Hall–Kier alpha value is -2.96. The van der Waals surface area contributed by atoms with Crippen LogP contribution >= 0.6 is 0 Å². The van der Waals surface area contributed by atoms with Crippen LogP contribution in [0.4, 0.5) is 10.5 Å². The van der Waals surface area contributed by atoms with Gasteiger partial charge < -0.3 is 11.1 Å². The number of nitrogens with zero attached hydrogens (tertiary/aromatic N) is 1. The lowest BCUT2D eigenvalue weighted by Gasteiger charge is -2.15. The zero-order chi connectivity index (χ0) is 14.7. The van der Waals surface area contributed by atoms with Gasteiger partial charge in [-0.25, -0.2) is 10.2 Å². The van der Waals surface area contributed by atoms with Crippen molar-refractivity contribution >= 4 is 35.2 Å². The fourth-order valence-corrected chi connectivity index (χ4v) is 1.83. The third kappa shape index (κ3) is 2.72. The van der Waals surface area contributed by atoms with Crippen molar-refractivity contribution in [1.29, 1.82) is 0 Å². The highest BCUT2D eigenvalue weighted by molar-refractivity contribution is 6.53. The van der Waals surface area contributed by atoms with Crippen molar-refractivity contribution in [1.82, 2.24) is 5.43 Å². The van der Waals surface area contributed by atoms with Crippen LogP contribution in [0, 0.1) is 0 Å². The summed E-state index contributed by atoms with van der Waals surface area (Å²) in [5, 5.41) is 6.21. The van der Waals surface area contributed by atoms with Crippen molar-refractivity contribution in [3.63, 3.8) is 0 Å². The highest BCUT2D eigenvalue weighted by Crippen LogP contribution is 2.25. The number of Topliss-reactive ketones (excluding diaryl/α,β-unsaturated/α-hetero) is 1. The van der Waals surface area contributed by atoms with Crippen LogP contribution in [-0.4, -0.2) is 23.4 Å². The SMILES string of the molecule is CC(=O)Nc1cccc2c1C(=O)C(=NNC(N)=O)C=C2. The molecule has 0 aromatic heterocycles. The molecule has 0 heterocycles. The number of hydrogen-bond acceptors (Lipinski definition) is 4. The molecule has 0 spiro atoms. The molecule has 0 atom stereocenters. The van der Waals surface area contributed by atoms with Gasteiger partial charge in [0.1, 0.15) is 5.71 Å². The molecular formula is C13H12N4O3. The second-order valence-electron chi connectivity index (χ2n) is 4.09. The molecule has 1 aliphatic carbocycles. The van der Waals surface area contributed by atoms with Gasteiger partial charge in [-0.2, -0.15) is 5.10 Å². The minimum Gasteiger partial charge on any atom is -0.350 e. The summed E-state index contributed by atoms with van der Waals surface area (Å²) in [6, 6.07) is 4.23. The number of nitrogens with two attached hydrogens (primary N) is 1. The molecule has 0 saturated carbocycles. The first-order valence-corrected chi connectivity index (χ1v) is 5.75. The van der Waals surface area contributed by atoms with Crippen LogP contribution in [0.3, 0.4) is 0 Å². The molecule has 0 fully saturated rings. The maximum atomic E-state index is 12.3. The Balaban J connectivity index is 2.44. The molecule has 0 unspecified atom stereocenters. The number of allylic oxidation sites excluding steroid dienone is 1. The Morgan fingerprint density at radius 1 is 1.25 bits per heavy atom. The number of ketones is 1. The van der Waals surface area contributed by atoms with Gasteiger partial charge in [-0.1, -0.05) is 18.2 Å². The summed E-state index contributed by atoms with van der Waals surface area (Å²) in [7, 11) is 0. The molecular weight excluding hydrogens is 260 g/mol. The molecule has 0 saturated heterocycles. The van der Waals surface area contributed by atoms with Crippen LogP contribution in [0.1, 0.15) is 22.8 Å². The van der Waals surface area contributed by atoms with E-state index in [1.165, 1.54) is 13.0 Å². The maximum Gasteiger partial charge on any atom is 0.332 e. The van der Waals surface area contributed by atoms with Gasteiger partial charge in [-0.15, -0.1) is 0 Å². The molecule has 102 valence electrons. The number of carbonyl (C=O) groups excluding carboxylic acids is 3. The van der Waals surface area contributed by atoms with E-state index in [1.807, 2.05) is 5.43 Å². The predicted octanol–water partition coefficient (Wildman–Crippen LogP) is 0.879. The third-order valence-electron chi connectivity index (χ3n) is 2.57. The highest BCUT2D eigenvalue weighted by atomic mass is 16.2. The van der Waals surface area contributed by atoms with E-state index in [2.05, 4.69) is 10.4 Å². The lowest BCUT2D eigenvalue weighted by molar-refractivity contribution is -0.114. The van der Waals surface area contributed by atoms with Gasteiger partial charge in [-0.3, -0.25) is 9.59 Å². The molecule has 1 aliphatic rings. The zero-order valence-electron chi connectivity index (χ0n) is 10.6. The lowest BCUT2D eigenvalue weighted by atomic mass is 9.93. The van der Waals surface area contributed by atoms with Crippen molar-refractivity contribution in [2.45, 2.75) is 6.92 Å². The maximum absolute atomic E-state index is 12.3. The van der Waals surface area contributed by atoms with Crippen LogP contribution < -0.4 is 16.5 Å². The fourth-order valence-electron chi connectivity index (χ4n) is 1.83. The quantitative estimate of drug-likeness (QED) is 0.694. The molecule has 2 rings (SSSR count). The molecule has 0 bridgehead atoms. The van der Waals surface area contributed by atoms with Gasteiger partial charge >= 0.3 is 6.03 Å². The molecule has 0 radical (unpaired) electrons. The summed E-state index contributed by atoms with van der Waals surface area (Å²) in [6.45, 7) is 1.35. The molecule has 4 N–H and O–H groups in total. The first kappa shape index (κ1) is 13.5. The molecule has 7 nitrogen and oxygen atoms in total. The molecule has 1 aromatic carbocycles. The van der Waals surface area contributed by atoms with Gasteiger partial charge in [0.25, 0.3) is 0 Å². The second kappa shape index (κ2) is 5.35. The summed E-state index contributed by atoms with van der Waals surface area (Å²) in [6.07, 6.45) is 3.14. The van der Waals surface area contributed by atoms with E-state index in [0.717, 1.165) is 0 Å².